The third-order valence-corrected chi connectivity index (χ3v) is 4.16. The minimum atomic E-state index is -1.61. The maximum Gasteiger partial charge on any atom is 0.255 e. The first kappa shape index (κ1) is 23.1. The van der Waals surface area contributed by atoms with Crippen LogP contribution < -0.4 is 11.1 Å². The molecule has 0 fully saturated rings. The lowest BCUT2D eigenvalue weighted by Gasteiger charge is -2.22. The van der Waals surface area contributed by atoms with Crippen molar-refractivity contribution >= 4 is 22.6 Å². The molecule has 1 unspecified atom stereocenters. The summed E-state index contributed by atoms with van der Waals surface area (Å²) in [5.74, 6) is -0.0688. The maximum absolute atomic E-state index is 13.8. The third kappa shape index (κ3) is 5.69. The average Bonchev–Trinajstić information content (AvgIpc) is 3.15. The van der Waals surface area contributed by atoms with E-state index in [0.717, 1.165) is 5.39 Å². The second-order valence-electron chi connectivity index (χ2n) is 7.14. The molecule has 10 heteroatoms. The highest BCUT2D eigenvalue weighted by Crippen LogP contribution is 2.20. The van der Waals surface area contributed by atoms with Gasteiger partial charge < -0.3 is 16.2 Å². The highest BCUT2D eigenvalue weighted by Gasteiger charge is 2.27. The van der Waals surface area contributed by atoms with Gasteiger partial charge in [-0.05, 0) is 26.3 Å². The molecule has 3 rings (SSSR count). The number of aromatic nitrogens is 4. The number of fused-ring (bicyclic) bond motifs is 1. The Morgan fingerprint density at radius 3 is 2.67 bits per heavy atom. The molecule has 162 valence electrons. The van der Waals surface area contributed by atoms with Gasteiger partial charge in [-0.2, -0.15) is 0 Å². The van der Waals surface area contributed by atoms with Crippen molar-refractivity contribution < 1.29 is 18.7 Å². The zero-order valence-electron chi connectivity index (χ0n) is 17.1. The predicted molar refractivity (Wildman–Crippen MR) is 111 cm³/mol. The van der Waals surface area contributed by atoms with E-state index >= 15 is 0 Å². The fraction of sp³-hybridized carbons (Fsp3) is 0.400. The van der Waals surface area contributed by atoms with Gasteiger partial charge in [0.05, 0.1) is 24.4 Å². The fourth-order valence-electron chi connectivity index (χ4n) is 2.37. The summed E-state index contributed by atoms with van der Waals surface area (Å²) >= 11 is 0. The number of carbonyl (C=O) groups excluding carboxylic acids is 1. The van der Waals surface area contributed by atoms with E-state index in [-0.39, 0.29) is 24.5 Å². The van der Waals surface area contributed by atoms with Gasteiger partial charge in [0.2, 0.25) is 0 Å². The van der Waals surface area contributed by atoms with Gasteiger partial charge in [-0.3, -0.25) is 13.8 Å². The van der Waals surface area contributed by atoms with E-state index < -0.39 is 17.7 Å². The lowest BCUT2D eigenvalue weighted by atomic mass is 10.0. The number of hydrogen-bond acceptors (Lipinski definition) is 6. The Morgan fingerprint density at radius 1 is 1.37 bits per heavy atom. The molecule has 3 aromatic heterocycles. The first-order chi connectivity index (χ1) is 14.2. The SMILES string of the molecule is CC(C)(O)C(F)CNC(=O)c1cnc(-n2ccc3cncnc32)cc1N.CCCF. The van der Waals surface area contributed by atoms with Crippen LogP contribution in [0.5, 0.6) is 0 Å². The Bertz CT molecular complexity index is 985. The number of pyridine rings is 1. The zero-order valence-corrected chi connectivity index (χ0v) is 17.1. The molecular weight excluding hydrogens is 394 g/mol. The summed E-state index contributed by atoms with van der Waals surface area (Å²) in [5, 5.41) is 12.8. The number of alkyl halides is 2. The maximum atomic E-state index is 13.8. The molecule has 0 bridgehead atoms. The third-order valence-electron chi connectivity index (χ3n) is 4.16. The van der Waals surface area contributed by atoms with Crippen molar-refractivity contribution in [3.8, 4) is 5.82 Å². The number of nitrogens with one attached hydrogen (secondary N) is 1. The number of nitrogens with two attached hydrogens (primary N) is 1. The van der Waals surface area contributed by atoms with Crippen LogP contribution in [0.3, 0.4) is 0 Å². The van der Waals surface area contributed by atoms with Crippen LogP contribution in [0.4, 0.5) is 14.5 Å². The van der Waals surface area contributed by atoms with Crippen molar-refractivity contribution in [1.82, 2.24) is 24.8 Å². The van der Waals surface area contributed by atoms with Crippen LogP contribution in [-0.2, 0) is 0 Å². The predicted octanol–water partition coefficient (Wildman–Crippen LogP) is 2.60. The van der Waals surface area contributed by atoms with Gasteiger partial charge in [-0.1, -0.05) is 6.92 Å². The number of nitrogen functional groups attached to an aromatic ring is 1. The molecule has 0 aromatic carbocycles. The summed E-state index contributed by atoms with van der Waals surface area (Å²) < 4.78 is 26.2. The highest BCUT2D eigenvalue weighted by molar-refractivity contribution is 5.99. The zero-order chi connectivity index (χ0) is 22.3. The minimum absolute atomic E-state index is 0.128. The molecule has 4 N–H and O–H groups in total. The molecule has 1 atom stereocenters. The largest absolute Gasteiger partial charge is 0.398 e. The number of nitrogens with zero attached hydrogens (tertiary/aromatic N) is 4. The van der Waals surface area contributed by atoms with E-state index in [4.69, 9.17) is 5.73 Å². The summed E-state index contributed by atoms with van der Waals surface area (Å²) in [5.41, 5.74) is 5.42. The Labute approximate surface area is 173 Å². The van der Waals surface area contributed by atoms with Crippen molar-refractivity contribution in [2.75, 3.05) is 19.0 Å². The Morgan fingerprint density at radius 2 is 2.07 bits per heavy atom. The standard InChI is InChI=1S/C17H19FN6O2.C3H7F/c1-17(2,26)13(18)8-22-16(25)11-7-21-14(5-12(11)19)24-4-3-10-6-20-9-23-15(10)24;1-2-3-4/h3-7,9,13,26H,8H2,1-2H3,(H2,19,21)(H,22,25);2-3H2,1H3. The van der Waals surface area contributed by atoms with Crippen molar-refractivity contribution in [1.29, 1.82) is 0 Å². The van der Waals surface area contributed by atoms with Crippen molar-refractivity contribution in [2.45, 2.75) is 39.0 Å². The van der Waals surface area contributed by atoms with Gasteiger partial charge in [0.15, 0.2) is 0 Å². The molecular formula is C20H26F2N6O2. The molecule has 0 saturated heterocycles. The van der Waals surface area contributed by atoms with Gasteiger partial charge in [0.25, 0.3) is 5.91 Å². The summed E-state index contributed by atoms with van der Waals surface area (Å²) in [7, 11) is 0. The smallest absolute Gasteiger partial charge is 0.255 e. The van der Waals surface area contributed by atoms with Crippen LogP contribution in [0, 0.1) is 0 Å². The van der Waals surface area contributed by atoms with Gasteiger partial charge in [-0.25, -0.2) is 19.3 Å². The molecule has 0 spiro atoms. The number of amides is 1. The number of hydrogen-bond donors (Lipinski definition) is 3. The van der Waals surface area contributed by atoms with E-state index in [2.05, 4.69) is 20.3 Å². The van der Waals surface area contributed by atoms with Crippen LogP contribution in [0.1, 0.15) is 37.6 Å². The summed E-state index contributed by atoms with van der Waals surface area (Å²) in [6.45, 7) is 3.96. The highest BCUT2D eigenvalue weighted by atomic mass is 19.1. The minimum Gasteiger partial charge on any atom is -0.398 e. The molecule has 0 radical (unpaired) electrons. The Hall–Kier alpha value is -3.14. The lowest BCUT2D eigenvalue weighted by molar-refractivity contribution is -0.00177. The Kier molecular flexibility index (Phi) is 7.76. The molecule has 0 aliphatic rings. The number of aliphatic hydroxyl groups is 1. The van der Waals surface area contributed by atoms with Gasteiger partial charge in [0, 0.05) is 35.7 Å². The van der Waals surface area contributed by atoms with Crippen LogP contribution >= 0.6 is 0 Å². The topological polar surface area (TPSA) is 119 Å². The summed E-state index contributed by atoms with van der Waals surface area (Å²) in [6, 6.07) is 3.38. The van der Waals surface area contributed by atoms with E-state index in [0.29, 0.717) is 17.9 Å². The number of rotatable bonds is 6. The van der Waals surface area contributed by atoms with E-state index in [1.807, 2.05) is 6.07 Å². The molecule has 0 aliphatic carbocycles. The quantitative estimate of drug-likeness (QED) is 0.564. The van der Waals surface area contributed by atoms with Crippen molar-refractivity contribution in [3.05, 3.63) is 42.6 Å². The monoisotopic (exact) mass is 420 g/mol. The normalized spacial score (nSPS) is 12.2. The summed E-state index contributed by atoms with van der Waals surface area (Å²) in [4.78, 5) is 24.6. The first-order valence-electron chi connectivity index (χ1n) is 9.42. The van der Waals surface area contributed by atoms with Crippen molar-refractivity contribution in [3.63, 3.8) is 0 Å². The van der Waals surface area contributed by atoms with Crippen molar-refractivity contribution in [2.24, 2.45) is 0 Å². The fourth-order valence-corrected chi connectivity index (χ4v) is 2.37. The second kappa shape index (κ2) is 10.1. The molecule has 3 aromatic rings. The second-order valence-corrected chi connectivity index (χ2v) is 7.14. The molecule has 0 aliphatic heterocycles. The van der Waals surface area contributed by atoms with E-state index in [1.165, 1.54) is 26.4 Å². The first-order valence-corrected chi connectivity index (χ1v) is 9.42. The number of anilines is 1. The van der Waals surface area contributed by atoms with Gasteiger partial charge in [-0.15, -0.1) is 0 Å². The van der Waals surface area contributed by atoms with Gasteiger partial charge in [0.1, 0.15) is 24.0 Å². The van der Waals surface area contributed by atoms with E-state index in [9.17, 15) is 18.7 Å². The molecule has 0 saturated carbocycles. The number of carbonyl (C=O) groups is 1. The Balaban J connectivity index is 0.000000735. The number of halogens is 2. The lowest BCUT2D eigenvalue weighted by Crippen LogP contribution is -2.42. The summed E-state index contributed by atoms with van der Waals surface area (Å²) in [6.07, 6.45) is 5.26. The van der Waals surface area contributed by atoms with Crippen LogP contribution in [-0.4, -0.2) is 55.5 Å². The average molecular weight is 420 g/mol. The van der Waals surface area contributed by atoms with Crippen LogP contribution in [0.15, 0.2) is 37.1 Å². The van der Waals surface area contributed by atoms with Gasteiger partial charge >= 0.3 is 0 Å². The molecule has 8 nitrogen and oxygen atoms in total. The molecule has 30 heavy (non-hydrogen) atoms. The molecule has 3 heterocycles. The van der Waals surface area contributed by atoms with E-state index in [1.54, 1.807) is 30.0 Å². The van der Waals surface area contributed by atoms with Crippen LogP contribution in [0.2, 0.25) is 0 Å². The molecule has 1 amide bonds. The van der Waals surface area contributed by atoms with Crippen LogP contribution in [0.25, 0.3) is 16.9 Å².